The van der Waals surface area contributed by atoms with E-state index in [0.29, 0.717) is 46.8 Å². The Balaban J connectivity index is 1.38. The zero-order valence-electron chi connectivity index (χ0n) is 30.3. The molecule has 2 aromatic carbocycles. The average Bonchev–Trinajstić information content (AvgIpc) is 3.62. The van der Waals surface area contributed by atoms with Crippen LogP contribution in [0, 0.1) is 29.4 Å². The predicted octanol–water partition coefficient (Wildman–Crippen LogP) is 6.13. The fourth-order valence-corrected chi connectivity index (χ4v) is 8.12. The number of alkyl halides is 2. The van der Waals surface area contributed by atoms with Gasteiger partial charge in [-0.2, -0.15) is 19.0 Å². The molecule has 11 nitrogen and oxygen atoms in total. The largest absolute Gasteiger partial charge is 0.378 e. The van der Waals surface area contributed by atoms with E-state index in [2.05, 4.69) is 32.1 Å². The lowest BCUT2D eigenvalue weighted by Gasteiger charge is -2.23. The van der Waals surface area contributed by atoms with Crippen LogP contribution in [0.15, 0.2) is 42.5 Å². The molecule has 0 radical (unpaired) electrons. The van der Waals surface area contributed by atoms with Gasteiger partial charge in [0.2, 0.25) is 15.9 Å². The van der Waals surface area contributed by atoms with Crippen molar-refractivity contribution in [1.29, 1.82) is 0 Å². The van der Waals surface area contributed by atoms with Gasteiger partial charge in [-0.15, -0.1) is 0 Å². The number of sulfonamides is 1. The number of nitrogens with one attached hydrogen (secondary N) is 2. The van der Waals surface area contributed by atoms with Crippen molar-refractivity contribution in [3.05, 3.63) is 93.0 Å². The summed E-state index contributed by atoms with van der Waals surface area (Å²) in [4.78, 5) is 18.8. The summed E-state index contributed by atoms with van der Waals surface area (Å²) in [6, 6.07) is 8.13. The minimum atomic E-state index is -3.78. The van der Waals surface area contributed by atoms with E-state index in [1.54, 1.807) is 25.2 Å². The van der Waals surface area contributed by atoms with E-state index < -0.39 is 57.6 Å². The number of benzene rings is 2. The number of nitrogens with zero attached hydrogens (tertiary/aromatic N) is 5. The van der Waals surface area contributed by atoms with Crippen LogP contribution < -0.4 is 10.0 Å². The van der Waals surface area contributed by atoms with Crippen LogP contribution >= 0.6 is 11.6 Å². The van der Waals surface area contributed by atoms with Crippen LogP contribution in [0.3, 0.4) is 0 Å². The Morgan fingerprint density at radius 3 is 2.47 bits per heavy atom. The van der Waals surface area contributed by atoms with Crippen LogP contribution in [0.1, 0.15) is 73.1 Å². The van der Waals surface area contributed by atoms with E-state index in [4.69, 9.17) is 16.6 Å². The van der Waals surface area contributed by atoms with Crippen molar-refractivity contribution in [2.24, 2.45) is 13.0 Å². The van der Waals surface area contributed by atoms with Crippen LogP contribution in [0.2, 0.25) is 5.02 Å². The van der Waals surface area contributed by atoms with Gasteiger partial charge in [-0.05, 0) is 80.8 Å². The third-order valence-corrected chi connectivity index (χ3v) is 10.5. The summed E-state index contributed by atoms with van der Waals surface area (Å²) in [5.74, 6) is -1.27. The van der Waals surface area contributed by atoms with Crippen LogP contribution in [0.5, 0.6) is 0 Å². The lowest BCUT2D eigenvalue weighted by Crippen LogP contribution is -2.35. The molecular formula is C38H36ClF4N7O4S. The molecule has 7 rings (SSSR count). The number of aryl methyl sites for hydroxylation is 2. The van der Waals surface area contributed by atoms with Gasteiger partial charge in [0.25, 0.3) is 5.92 Å². The van der Waals surface area contributed by atoms with Gasteiger partial charge < -0.3 is 10.4 Å². The highest BCUT2D eigenvalue weighted by atomic mass is 35.5. The van der Waals surface area contributed by atoms with Crippen LogP contribution in [-0.2, 0) is 47.2 Å². The van der Waals surface area contributed by atoms with E-state index in [0.717, 1.165) is 23.1 Å². The van der Waals surface area contributed by atoms with Gasteiger partial charge in [-0.25, -0.2) is 22.2 Å². The van der Waals surface area contributed by atoms with E-state index in [1.165, 1.54) is 24.6 Å². The SMILES string of the molecule is CCc1nn(CC(=O)NC(Cc2cc(F)cc(F)c2)c2nc(C#CC(C)(C)O)ccc2-c2ccc(Cl)c3c(NS(C)(=O)=O)nn(C)c23)c2c1C1CC1C2(F)F. The molecule has 0 saturated heterocycles. The molecule has 2 aliphatic rings. The summed E-state index contributed by atoms with van der Waals surface area (Å²) >= 11 is 6.61. The number of halogens is 5. The van der Waals surface area contributed by atoms with Gasteiger partial charge in [0, 0.05) is 35.7 Å². The minimum absolute atomic E-state index is 0.0400. The van der Waals surface area contributed by atoms with Crippen molar-refractivity contribution < 1.29 is 35.9 Å². The van der Waals surface area contributed by atoms with E-state index >= 15 is 8.78 Å². The van der Waals surface area contributed by atoms with Crippen molar-refractivity contribution in [3.63, 3.8) is 0 Å². The van der Waals surface area contributed by atoms with Crippen molar-refractivity contribution >= 4 is 44.3 Å². The number of carbonyl (C=O) groups excluding carboxylic acids is 1. The quantitative estimate of drug-likeness (QED) is 0.114. The second-order valence-electron chi connectivity index (χ2n) is 14.5. The van der Waals surface area contributed by atoms with Crippen molar-refractivity contribution in [2.75, 3.05) is 11.0 Å². The number of rotatable bonds is 10. The normalized spacial score (nSPS) is 17.7. The molecule has 0 spiro atoms. The zero-order valence-corrected chi connectivity index (χ0v) is 31.9. The second kappa shape index (κ2) is 13.6. The van der Waals surface area contributed by atoms with Crippen LogP contribution in [0.4, 0.5) is 23.4 Å². The fourth-order valence-electron chi connectivity index (χ4n) is 7.39. The number of hydrogen-bond donors (Lipinski definition) is 3. The van der Waals surface area contributed by atoms with Gasteiger partial charge in [-0.3, -0.25) is 18.9 Å². The lowest BCUT2D eigenvalue weighted by molar-refractivity contribution is -0.122. The molecule has 0 bridgehead atoms. The van der Waals surface area contributed by atoms with Gasteiger partial charge in [0.15, 0.2) is 5.82 Å². The first-order chi connectivity index (χ1) is 25.7. The Morgan fingerprint density at radius 2 is 1.82 bits per heavy atom. The number of fused-ring (bicyclic) bond motifs is 4. The number of hydrogen-bond acceptors (Lipinski definition) is 7. The molecule has 1 fully saturated rings. The molecule has 0 aliphatic heterocycles. The number of carbonyl (C=O) groups is 1. The molecule has 3 aromatic heterocycles. The van der Waals surface area contributed by atoms with Crippen molar-refractivity contribution in [3.8, 4) is 23.0 Å². The summed E-state index contributed by atoms with van der Waals surface area (Å²) in [5.41, 5.74) is 0.950. The van der Waals surface area contributed by atoms with Gasteiger partial charge in [0.05, 0.1) is 39.6 Å². The Kier molecular flexibility index (Phi) is 9.50. The second-order valence-corrected chi connectivity index (χ2v) is 16.7. The van der Waals surface area contributed by atoms with Gasteiger partial charge in [0.1, 0.15) is 35.2 Å². The number of anilines is 1. The number of aromatic nitrogens is 5. The van der Waals surface area contributed by atoms with E-state index in [-0.39, 0.29) is 51.2 Å². The van der Waals surface area contributed by atoms with E-state index in [1.807, 2.05) is 6.92 Å². The molecule has 5 aromatic rings. The molecule has 2 aliphatic carbocycles. The van der Waals surface area contributed by atoms with Crippen LogP contribution in [0.25, 0.3) is 22.0 Å². The Hall–Kier alpha value is -4.98. The number of pyridine rings is 1. The fraction of sp³-hybridized carbons (Fsp3) is 0.368. The molecule has 17 heteroatoms. The molecule has 3 N–H and O–H groups in total. The third-order valence-electron chi connectivity index (χ3n) is 9.59. The smallest absolute Gasteiger partial charge is 0.293 e. The summed E-state index contributed by atoms with van der Waals surface area (Å²) in [5, 5.41) is 22.4. The van der Waals surface area contributed by atoms with Crippen LogP contribution in [-0.4, -0.2) is 55.8 Å². The molecule has 3 atom stereocenters. The van der Waals surface area contributed by atoms with Crippen molar-refractivity contribution in [2.45, 2.75) is 70.1 Å². The maximum Gasteiger partial charge on any atom is 0.293 e. The molecular weight excluding hydrogens is 762 g/mol. The maximum atomic E-state index is 15.5. The molecule has 1 saturated carbocycles. The van der Waals surface area contributed by atoms with Gasteiger partial charge >= 0.3 is 0 Å². The highest BCUT2D eigenvalue weighted by Gasteiger charge is 2.66. The number of amides is 1. The Labute approximate surface area is 319 Å². The van der Waals surface area contributed by atoms with Crippen molar-refractivity contribution in [1.82, 2.24) is 29.9 Å². The monoisotopic (exact) mass is 797 g/mol. The first kappa shape index (κ1) is 38.3. The molecule has 1 amide bonds. The summed E-state index contributed by atoms with van der Waals surface area (Å²) in [6.45, 7) is 4.20. The van der Waals surface area contributed by atoms with Gasteiger partial charge in [-0.1, -0.05) is 30.5 Å². The molecule has 3 heterocycles. The predicted molar refractivity (Wildman–Crippen MR) is 198 cm³/mol. The lowest BCUT2D eigenvalue weighted by atomic mass is 9.93. The first-order valence-electron chi connectivity index (χ1n) is 17.4. The molecule has 3 unspecified atom stereocenters. The summed E-state index contributed by atoms with van der Waals surface area (Å²) in [7, 11) is -2.21. The Morgan fingerprint density at radius 1 is 1.13 bits per heavy atom. The summed E-state index contributed by atoms with van der Waals surface area (Å²) in [6.07, 6.45) is 1.51. The maximum absolute atomic E-state index is 15.5. The topological polar surface area (TPSA) is 144 Å². The zero-order chi connectivity index (χ0) is 39.8. The molecule has 288 valence electrons. The first-order valence-corrected chi connectivity index (χ1v) is 19.6. The highest BCUT2D eigenvalue weighted by Crippen LogP contribution is 2.67. The average molecular weight is 798 g/mol. The van der Waals surface area contributed by atoms with E-state index in [9.17, 15) is 27.1 Å². The molecule has 55 heavy (non-hydrogen) atoms. The Bertz CT molecular complexity index is 2550. The standard InChI is InChI=1S/C38H36ClF4N7O4S/c1-6-28-31-25-17-26(25)38(42,43)35(31)50(46-28)18-30(51)45-29(15-19-13-20(40)16-21(41)14-19)33-23(8-7-22(44-33)11-12-37(2,3)52)24-9-10-27(39)32-34(24)49(4)47-36(32)48-55(5,53)54/h7-10,13-14,16,25-26,29,52H,6,15,17-18H2,1-5H3,(H,45,51)(H,47,48). The highest BCUT2D eigenvalue weighted by molar-refractivity contribution is 7.92. The summed E-state index contributed by atoms with van der Waals surface area (Å²) < 4.78 is 89.4. The third kappa shape index (κ3) is 7.52. The number of aliphatic hydroxyl groups is 1. The minimum Gasteiger partial charge on any atom is -0.378 e.